The molecule has 0 bridgehead atoms. The van der Waals surface area contributed by atoms with Crippen molar-refractivity contribution in [3.8, 4) is 17.2 Å². The summed E-state index contributed by atoms with van der Waals surface area (Å²) in [6, 6.07) is 3.47. The second-order valence-electron chi connectivity index (χ2n) is 10.4. The summed E-state index contributed by atoms with van der Waals surface area (Å²) in [5.74, 6) is 1.33. The number of aliphatic hydroxyl groups is 1. The van der Waals surface area contributed by atoms with Crippen LogP contribution >= 0.6 is 0 Å². The molecule has 0 heterocycles. The van der Waals surface area contributed by atoms with Crippen LogP contribution in [0.5, 0.6) is 17.2 Å². The van der Waals surface area contributed by atoms with E-state index in [0.29, 0.717) is 129 Å². The Labute approximate surface area is 264 Å². The lowest BCUT2D eigenvalue weighted by Gasteiger charge is -2.19. The van der Waals surface area contributed by atoms with Gasteiger partial charge >= 0.3 is 0 Å². The lowest BCUT2D eigenvalue weighted by atomic mass is 10.2. The zero-order chi connectivity index (χ0) is 32.1. The van der Waals surface area contributed by atoms with Crippen molar-refractivity contribution in [3.05, 3.63) is 17.7 Å². The monoisotopic (exact) mass is 634 g/mol. The molecule has 0 saturated heterocycles. The highest BCUT2D eigenvalue weighted by Crippen LogP contribution is 2.39. The van der Waals surface area contributed by atoms with Gasteiger partial charge in [-0.25, -0.2) is 0 Å². The van der Waals surface area contributed by atoms with Gasteiger partial charge < -0.3 is 57.2 Å². The van der Waals surface area contributed by atoms with Crippen LogP contribution in [0.25, 0.3) is 0 Å². The molecule has 1 aromatic rings. The maximum absolute atomic E-state index is 9.86. The molecule has 1 aromatic carbocycles. The standard InChI is InChI=1S/C32H58O12/c1-6-34-9-8-10-36-19-23-43-31-29(41-21-17-38-14-13-37-12-11-35-7-2)25-28(27-33)26-30(31)42-22-18-39-15-16-40-20-24-44-32(3,4)5/h25-26,33H,6-24,27H2,1-5H3. The average molecular weight is 635 g/mol. The fourth-order valence-electron chi connectivity index (χ4n) is 3.53. The van der Waals surface area contributed by atoms with E-state index in [0.717, 1.165) is 6.42 Å². The molecule has 1 N–H and O–H groups in total. The van der Waals surface area contributed by atoms with E-state index in [9.17, 15) is 5.11 Å². The molecule has 0 saturated carbocycles. The summed E-state index contributed by atoms with van der Waals surface area (Å²) >= 11 is 0. The third-order valence-corrected chi connectivity index (χ3v) is 5.57. The minimum atomic E-state index is -0.182. The highest BCUT2D eigenvalue weighted by atomic mass is 16.6. The van der Waals surface area contributed by atoms with Crippen LogP contribution in [0.1, 0.15) is 46.6 Å². The number of hydrogen-bond donors (Lipinski definition) is 1. The SMILES string of the molecule is CCOCCCOCCOc1c(OCCOCCOCCOCC)cc(CO)cc1OCCOCCOCCOC(C)(C)C. The maximum atomic E-state index is 9.86. The van der Waals surface area contributed by atoms with Crippen LogP contribution in [0.15, 0.2) is 12.1 Å². The number of hydrogen-bond acceptors (Lipinski definition) is 12. The van der Waals surface area contributed by atoms with E-state index in [4.69, 9.17) is 52.1 Å². The largest absolute Gasteiger partial charge is 0.487 e. The Balaban J connectivity index is 2.57. The summed E-state index contributed by atoms with van der Waals surface area (Å²) in [7, 11) is 0. The van der Waals surface area contributed by atoms with Gasteiger partial charge in [-0.05, 0) is 58.7 Å². The van der Waals surface area contributed by atoms with Crippen LogP contribution in [-0.2, 0) is 44.5 Å². The smallest absolute Gasteiger partial charge is 0.203 e. The molecule has 0 aliphatic heterocycles. The van der Waals surface area contributed by atoms with E-state index in [1.807, 2.05) is 34.6 Å². The van der Waals surface area contributed by atoms with E-state index < -0.39 is 0 Å². The van der Waals surface area contributed by atoms with Crippen LogP contribution in [0, 0.1) is 0 Å². The predicted molar refractivity (Wildman–Crippen MR) is 166 cm³/mol. The third-order valence-electron chi connectivity index (χ3n) is 5.57. The Morgan fingerprint density at radius 3 is 1.36 bits per heavy atom. The molecular weight excluding hydrogens is 576 g/mol. The topological polar surface area (TPSA) is 122 Å². The quantitative estimate of drug-likeness (QED) is 0.120. The summed E-state index contributed by atoms with van der Waals surface area (Å²) in [5, 5.41) is 9.86. The van der Waals surface area contributed by atoms with Gasteiger partial charge in [-0.3, -0.25) is 0 Å². The van der Waals surface area contributed by atoms with E-state index in [2.05, 4.69) is 0 Å². The minimum Gasteiger partial charge on any atom is -0.487 e. The number of aliphatic hydroxyl groups excluding tert-OH is 1. The zero-order valence-corrected chi connectivity index (χ0v) is 27.7. The Bertz CT molecular complexity index is 787. The molecule has 0 amide bonds. The first-order chi connectivity index (χ1) is 21.4. The summed E-state index contributed by atoms with van der Waals surface area (Å²) in [6.45, 7) is 18.3. The van der Waals surface area contributed by atoms with E-state index in [-0.39, 0.29) is 25.4 Å². The van der Waals surface area contributed by atoms with Crippen LogP contribution in [-0.4, -0.2) is 130 Å². The normalized spacial score (nSPS) is 11.7. The molecule has 0 radical (unpaired) electrons. The fourth-order valence-corrected chi connectivity index (χ4v) is 3.53. The van der Waals surface area contributed by atoms with Gasteiger partial charge in [0.25, 0.3) is 0 Å². The first kappa shape index (κ1) is 40.3. The molecule has 0 aliphatic rings. The van der Waals surface area contributed by atoms with Gasteiger partial charge in [-0.1, -0.05) is 0 Å². The van der Waals surface area contributed by atoms with Crippen LogP contribution in [0.4, 0.5) is 0 Å². The maximum Gasteiger partial charge on any atom is 0.203 e. The van der Waals surface area contributed by atoms with Gasteiger partial charge in [0.05, 0.1) is 84.9 Å². The molecule has 12 heteroatoms. The molecular formula is C32H58O12. The second kappa shape index (κ2) is 27.6. The Kier molecular flexibility index (Phi) is 25.2. The molecule has 0 fully saturated rings. The minimum absolute atomic E-state index is 0.179. The molecule has 1 rings (SSSR count). The van der Waals surface area contributed by atoms with E-state index in [1.165, 1.54) is 0 Å². The molecule has 0 aliphatic carbocycles. The number of benzene rings is 1. The molecule has 258 valence electrons. The fraction of sp³-hybridized carbons (Fsp3) is 0.812. The number of ether oxygens (including phenoxy) is 11. The summed E-state index contributed by atoms with van der Waals surface area (Å²) in [5.41, 5.74) is 0.451. The van der Waals surface area contributed by atoms with Crippen molar-refractivity contribution in [3.63, 3.8) is 0 Å². The lowest BCUT2D eigenvalue weighted by molar-refractivity contribution is -0.0433. The summed E-state index contributed by atoms with van der Waals surface area (Å²) in [4.78, 5) is 0. The molecule has 0 unspecified atom stereocenters. The summed E-state index contributed by atoms with van der Waals surface area (Å²) in [6.07, 6.45) is 0.815. The van der Waals surface area contributed by atoms with Gasteiger partial charge in [-0.2, -0.15) is 0 Å². The lowest BCUT2D eigenvalue weighted by Crippen LogP contribution is -2.22. The van der Waals surface area contributed by atoms with Crippen molar-refractivity contribution < 1.29 is 57.2 Å². The van der Waals surface area contributed by atoms with E-state index >= 15 is 0 Å². The van der Waals surface area contributed by atoms with Crippen molar-refractivity contribution in [1.82, 2.24) is 0 Å². The van der Waals surface area contributed by atoms with E-state index in [1.54, 1.807) is 12.1 Å². The first-order valence-corrected chi connectivity index (χ1v) is 15.8. The predicted octanol–water partition coefficient (Wildman–Crippen LogP) is 3.68. The van der Waals surface area contributed by atoms with Crippen molar-refractivity contribution in [2.75, 3.05) is 119 Å². The van der Waals surface area contributed by atoms with Crippen molar-refractivity contribution in [2.45, 2.75) is 53.2 Å². The Morgan fingerprint density at radius 2 is 0.886 bits per heavy atom. The van der Waals surface area contributed by atoms with Gasteiger partial charge in [0.15, 0.2) is 11.5 Å². The van der Waals surface area contributed by atoms with Crippen LogP contribution in [0.2, 0.25) is 0 Å². The van der Waals surface area contributed by atoms with Crippen molar-refractivity contribution in [1.29, 1.82) is 0 Å². The van der Waals surface area contributed by atoms with Crippen molar-refractivity contribution in [2.24, 2.45) is 0 Å². The Hall–Kier alpha value is -1.74. The molecule has 0 atom stereocenters. The molecule has 0 spiro atoms. The highest BCUT2D eigenvalue weighted by Gasteiger charge is 2.16. The van der Waals surface area contributed by atoms with Gasteiger partial charge in [-0.15, -0.1) is 0 Å². The second-order valence-corrected chi connectivity index (χ2v) is 10.4. The average Bonchev–Trinajstić information content (AvgIpc) is 3.00. The van der Waals surface area contributed by atoms with Gasteiger partial charge in [0, 0.05) is 26.4 Å². The number of rotatable bonds is 31. The zero-order valence-electron chi connectivity index (χ0n) is 27.7. The van der Waals surface area contributed by atoms with Crippen LogP contribution in [0.3, 0.4) is 0 Å². The summed E-state index contributed by atoms with van der Waals surface area (Å²) < 4.78 is 62.2. The third kappa shape index (κ3) is 22.7. The van der Waals surface area contributed by atoms with Gasteiger partial charge in [0.2, 0.25) is 5.75 Å². The van der Waals surface area contributed by atoms with Gasteiger partial charge in [0.1, 0.15) is 19.8 Å². The highest BCUT2D eigenvalue weighted by molar-refractivity contribution is 5.54. The molecule has 44 heavy (non-hydrogen) atoms. The molecule has 12 nitrogen and oxygen atoms in total. The Morgan fingerprint density at radius 1 is 0.500 bits per heavy atom. The first-order valence-electron chi connectivity index (χ1n) is 15.8. The molecule has 0 aromatic heterocycles. The van der Waals surface area contributed by atoms with Crippen molar-refractivity contribution >= 4 is 0 Å². The van der Waals surface area contributed by atoms with Crippen LogP contribution < -0.4 is 14.2 Å².